The molecule has 0 aromatic heterocycles. The summed E-state index contributed by atoms with van der Waals surface area (Å²) in [6.45, 7) is 2.95. The molecule has 170 valence electrons. The highest BCUT2D eigenvalue weighted by atomic mass is 32.2. The van der Waals surface area contributed by atoms with Crippen molar-refractivity contribution in [1.82, 2.24) is 5.32 Å². The van der Waals surface area contributed by atoms with Gasteiger partial charge < -0.3 is 24.8 Å². The van der Waals surface area contributed by atoms with E-state index >= 15 is 0 Å². The van der Waals surface area contributed by atoms with Crippen molar-refractivity contribution in [1.29, 1.82) is 0 Å². The van der Waals surface area contributed by atoms with E-state index in [4.69, 9.17) is 14.2 Å². The second-order valence-electron chi connectivity index (χ2n) is 7.20. The van der Waals surface area contributed by atoms with Crippen molar-refractivity contribution in [2.24, 2.45) is 0 Å². The number of rotatable bonds is 9. The van der Waals surface area contributed by atoms with Crippen LogP contribution >= 0.6 is 11.8 Å². The van der Waals surface area contributed by atoms with E-state index in [9.17, 15) is 9.59 Å². The first-order valence-electron chi connectivity index (χ1n) is 10.3. The Morgan fingerprint density at radius 1 is 1.03 bits per heavy atom. The van der Waals surface area contributed by atoms with Crippen LogP contribution in [0.2, 0.25) is 0 Å². The Morgan fingerprint density at radius 2 is 1.75 bits per heavy atom. The van der Waals surface area contributed by atoms with Crippen LogP contribution in [0.15, 0.2) is 53.1 Å². The van der Waals surface area contributed by atoms with Crippen LogP contribution in [0, 0.1) is 0 Å². The Morgan fingerprint density at radius 3 is 2.44 bits per heavy atom. The zero-order valence-electron chi connectivity index (χ0n) is 18.5. The van der Waals surface area contributed by atoms with Gasteiger partial charge in [0.05, 0.1) is 27.2 Å². The molecular weight excluding hydrogens is 428 g/mol. The van der Waals surface area contributed by atoms with Crippen LogP contribution in [-0.4, -0.2) is 44.9 Å². The molecule has 2 N–H and O–H groups in total. The second kappa shape index (κ2) is 11.5. The monoisotopic (exact) mass is 456 g/mol. The predicted molar refractivity (Wildman–Crippen MR) is 126 cm³/mol. The molecule has 2 aromatic carbocycles. The minimum Gasteiger partial charge on any atom is -0.496 e. The summed E-state index contributed by atoms with van der Waals surface area (Å²) in [7, 11) is 3.20. The molecular formula is C24H28N2O5S. The van der Waals surface area contributed by atoms with Gasteiger partial charge in [-0.1, -0.05) is 18.2 Å². The third-order valence-electron chi connectivity index (χ3n) is 4.93. The summed E-state index contributed by atoms with van der Waals surface area (Å²) in [5, 5.41) is 5.81. The fraction of sp³-hybridized carbons (Fsp3) is 0.333. The lowest BCUT2D eigenvalue weighted by atomic mass is 10.1. The van der Waals surface area contributed by atoms with E-state index in [2.05, 4.69) is 10.6 Å². The minimum atomic E-state index is -0.173. The summed E-state index contributed by atoms with van der Waals surface area (Å²) in [5.41, 5.74) is 2.60. The number of hydrogen-bond donors (Lipinski definition) is 2. The van der Waals surface area contributed by atoms with Crippen molar-refractivity contribution in [2.45, 2.75) is 19.8 Å². The molecule has 2 amide bonds. The molecule has 0 fully saturated rings. The normalized spacial score (nSPS) is 13.2. The van der Waals surface area contributed by atoms with E-state index in [0.29, 0.717) is 47.4 Å². The molecule has 0 spiro atoms. The fourth-order valence-electron chi connectivity index (χ4n) is 3.26. The van der Waals surface area contributed by atoms with Crippen molar-refractivity contribution in [3.63, 3.8) is 0 Å². The van der Waals surface area contributed by atoms with Crippen molar-refractivity contribution in [3.05, 3.63) is 64.3 Å². The highest BCUT2D eigenvalue weighted by molar-refractivity contribution is 8.04. The zero-order chi connectivity index (χ0) is 22.9. The number of anilines is 1. The molecule has 0 unspecified atom stereocenters. The van der Waals surface area contributed by atoms with Gasteiger partial charge in [0.15, 0.2) is 11.5 Å². The fourth-order valence-corrected chi connectivity index (χ4v) is 4.07. The number of ether oxygens (including phenoxy) is 3. The van der Waals surface area contributed by atoms with E-state index in [-0.39, 0.29) is 18.2 Å². The number of nitrogens with one attached hydrogen (secondary N) is 2. The molecule has 0 bridgehead atoms. The van der Waals surface area contributed by atoms with Gasteiger partial charge in [0.25, 0.3) is 5.91 Å². The quantitative estimate of drug-likeness (QED) is 0.600. The molecule has 2 aromatic rings. The lowest BCUT2D eigenvalue weighted by molar-refractivity contribution is -0.120. The van der Waals surface area contributed by atoms with Crippen LogP contribution in [0.1, 0.15) is 18.1 Å². The van der Waals surface area contributed by atoms with Crippen LogP contribution in [0.3, 0.4) is 0 Å². The third-order valence-corrected chi connectivity index (χ3v) is 6.07. The molecule has 1 heterocycles. The van der Waals surface area contributed by atoms with Crippen LogP contribution in [0.25, 0.3) is 0 Å². The molecule has 3 rings (SSSR count). The van der Waals surface area contributed by atoms with E-state index in [0.717, 1.165) is 16.9 Å². The van der Waals surface area contributed by atoms with Gasteiger partial charge >= 0.3 is 0 Å². The van der Waals surface area contributed by atoms with Crippen molar-refractivity contribution < 1.29 is 23.8 Å². The highest BCUT2D eigenvalue weighted by Crippen LogP contribution is 2.28. The number of methoxy groups -OCH3 is 2. The van der Waals surface area contributed by atoms with Gasteiger partial charge in [0, 0.05) is 18.0 Å². The number of carbonyl (C=O) groups excluding carboxylic acids is 2. The van der Waals surface area contributed by atoms with E-state index in [1.54, 1.807) is 33.3 Å². The molecule has 0 saturated heterocycles. The average Bonchev–Trinajstić information content (AvgIpc) is 2.80. The molecule has 0 radical (unpaired) electrons. The Bertz CT molecular complexity index is 988. The van der Waals surface area contributed by atoms with Crippen molar-refractivity contribution in [3.8, 4) is 11.5 Å². The van der Waals surface area contributed by atoms with Gasteiger partial charge in [-0.15, -0.1) is 11.8 Å². The van der Waals surface area contributed by atoms with Crippen LogP contribution in [-0.2, 0) is 27.2 Å². The number of allylic oxidation sites excluding steroid dienone is 1. The van der Waals surface area contributed by atoms with Gasteiger partial charge in [0.2, 0.25) is 5.91 Å². The number of thioether (sulfide) groups is 1. The number of benzene rings is 2. The van der Waals surface area contributed by atoms with Crippen LogP contribution in [0.4, 0.5) is 5.69 Å². The Hall–Kier alpha value is -3.13. The first-order chi connectivity index (χ1) is 15.5. The topological polar surface area (TPSA) is 85.9 Å². The molecule has 8 heteroatoms. The van der Waals surface area contributed by atoms with Gasteiger partial charge in [-0.2, -0.15) is 0 Å². The molecule has 1 aliphatic heterocycles. The standard InChI is InChI=1S/C24H28N2O5S/c1-16-23(32-13-12-31-16)24(28)26-19-7-4-17(5-8-19)15-22(27)25-11-10-18-6-9-20(29-2)21(14-18)30-3/h4-9,14H,10-13,15H2,1-3H3,(H,25,27)(H,26,28). The van der Waals surface area contributed by atoms with E-state index in [1.807, 2.05) is 30.3 Å². The Labute approximate surface area is 192 Å². The number of carbonyl (C=O) groups is 2. The minimum absolute atomic E-state index is 0.0567. The van der Waals surface area contributed by atoms with E-state index < -0.39 is 0 Å². The number of amides is 2. The van der Waals surface area contributed by atoms with E-state index in [1.165, 1.54) is 11.8 Å². The molecule has 1 aliphatic rings. The zero-order valence-corrected chi connectivity index (χ0v) is 19.3. The van der Waals surface area contributed by atoms with Crippen molar-refractivity contribution in [2.75, 3.05) is 38.4 Å². The van der Waals surface area contributed by atoms with Gasteiger partial charge in [-0.25, -0.2) is 0 Å². The Kier molecular flexibility index (Phi) is 8.44. The second-order valence-corrected chi connectivity index (χ2v) is 8.30. The summed E-state index contributed by atoms with van der Waals surface area (Å²) >= 11 is 1.50. The van der Waals surface area contributed by atoms with Gasteiger partial charge in [-0.05, 0) is 48.7 Å². The summed E-state index contributed by atoms with van der Waals surface area (Å²) in [6, 6.07) is 13.0. The lowest BCUT2D eigenvalue weighted by Crippen LogP contribution is -2.27. The maximum absolute atomic E-state index is 12.4. The molecule has 0 aliphatic carbocycles. The lowest BCUT2D eigenvalue weighted by Gasteiger charge is -2.17. The molecule has 32 heavy (non-hydrogen) atoms. The smallest absolute Gasteiger partial charge is 0.265 e. The average molecular weight is 457 g/mol. The number of hydrogen-bond acceptors (Lipinski definition) is 6. The first-order valence-corrected chi connectivity index (χ1v) is 11.3. The van der Waals surface area contributed by atoms with Crippen molar-refractivity contribution >= 4 is 29.3 Å². The maximum atomic E-state index is 12.4. The van der Waals surface area contributed by atoms with Gasteiger partial charge in [-0.3, -0.25) is 9.59 Å². The molecule has 0 atom stereocenters. The summed E-state index contributed by atoms with van der Waals surface area (Å²) in [5.74, 6) is 2.54. The van der Waals surface area contributed by atoms with Crippen LogP contribution < -0.4 is 20.1 Å². The molecule has 0 saturated carbocycles. The summed E-state index contributed by atoms with van der Waals surface area (Å²) in [4.78, 5) is 25.3. The Balaban J connectivity index is 1.46. The molecule has 7 nitrogen and oxygen atoms in total. The summed E-state index contributed by atoms with van der Waals surface area (Å²) < 4.78 is 16.0. The van der Waals surface area contributed by atoms with Crippen LogP contribution in [0.5, 0.6) is 11.5 Å². The predicted octanol–water partition coefficient (Wildman–Crippen LogP) is 3.54. The largest absolute Gasteiger partial charge is 0.496 e. The highest BCUT2D eigenvalue weighted by Gasteiger charge is 2.18. The SMILES string of the molecule is COc1ccc(CCNC(=O)Cc2ccc(NC(=O)C3=C(C)OCCS3)cc2)cc1OC. The maximum Gasteiger partial charge on any atom is 0.265 e. The van der Waals surface area contributed by atoms with Gasteiger partial charge in [0.1, 0.15) is 10.7 Å². The third kappa shape index (κ3) is 6.43. The first kappa shape index (κ1) is 23.5. The summed E-state index contributed by atoms with van der Waals surface area (Å²) in [6.07, 6.45) is 0.960.